The minimum atomic E-state index is -4.27. The maximum Gasteiger partial charge on any atom is 0.272 e. The standard InChI is InChI=1S/C29H28ClF2N5O4S/c1-29(31,32)22-17-20(27(38)36-13-15-37(16-14-36)28(39)24-11-9-21(30)18-33-24)8-10-23(22)34-42(40,41)25-7-3-5-19-6-4-12-35(2)26(19)25/h3-11,17-18,34H,12-16H2,1-2H3. The summed E-state index contributed by atoms with van der Waals surface area (Å²) in [6, 6.07) is 11.4. The number of amides is 2. The number of sulfonamides is 1. The largest absolute Gasteiger partial charge is 0.369 e. The first kappa shape index (κ1) is 29.5. The lowest BCUT2D eigenvalue weighted by atomic mass is 10.0. The molecule has 1 fully saturated rings. The molecule has 42 heavy (non-hydrogen) atoms. The second-order valence-corrected chi connectivity index (χ2v) is 12.3. The molecule has 2 aliphatic heterocycles. The van der Waals surface area contributed by atoms with Gasteiger partial charge in [0.15, 0.2) is 0 Å². The molecular formula is C29H28ClF2N5O4S. The predicted octanol–water partition coefficient (Wildman–Crippen LogP) is 4.71. The number of rotatable bonds is 6. The molecule has 13 heteroatoms. The summed E-state index contributed by atoms with van der Waals surface area (Å²) in [4.78, 5) is 34.8. The third kappa shape index (κ3) is 5.95. The number of hydrogen-bond donors (Lipinski definition) is 1. The van der Waals surface area contributed by atoms with Gasteiger partial charge >= 0.3 is 0 Å². The van der Waals surface area contributed by atoms with E-state index < -0.39 is 27.4 Å². The Morgan fingerprint density at radius 1 is 1.00 bits per heavy atom. The van der Waals surface area contributed by atoms with Crippen LogP contribution in [0.25, 0.3) is 6.08 Å². The van der Waals surface area contributed by atoms with Crippen molar-refractivity contribution in [2.24, 2.45) is 0 Å². The fourth-order valence-corrected chi connectivity index (χ4v) is 6.49. The minimum absolute atomic E-state index is 0.0180. The van der Waals surface area contributed by atoms with Crippen molar-refractivity contribution < 1.29 is 26.8 Å². The van der Waals surface area contributed by atoms with E-state index in [9.17, 15) is 26.8 Å². The van der Waals surface area contributed by atoms with Crippen molar-refractivity contribution in [3.05, 3.63) is 88.2 Å². The van der Waals surface area contributed by atoms with Crippen molar-refractivity contribution >= 4 is 50.9 Å². The minimum Gasteiger partial charge on any atom is -0.369 e. The number of nitrogens with one attached hydrogen (secondary N) is 1. The molecule has 0 radical (unpaired) electrons. The van der Waals surface area contributed by atoms with Crippen LogP contribution < -0.4 is 9.62 Å². The topological polar surface area (TPSA) is 103 Å². The van der Waals surface area contributed by atoms with Crippen LogP contribution >= 0.6 is 11.6 Å². The van der Waals surface area contributed by atoms with Crippen LogP contribution in [0.3, 0.4) is 0 Å². The molecule has 5 rings (SSSR count). The number of fused-ring (bicyclic) bond motifs is 1. The number of carbonyl (C=O) groups excluding carboxylic acids is 2. The predicted molar refractivity (Wildman–Crippen MR) is 157 cm³/mol. The number of hydrogen-bond acceptors (Lipinski definition) is 6. The molecule has 220 valence electrons. The number of alkyl halides is 2. The van der Waals surface area contributed by atoms with Crippen LogP contribution in [0.5, 0.6) is 0 Å². The molecule has 0 bridgehead atoms. The zero-order chi connectivity index (χ0) is 30.2. The molecule has 0 spiro atoms. The molecular weight excluding hydrogens is 588 g/mol. The summed E-state index contributed by atoms with van der Waals surface area (Å²) in [5, 5.41) is 0.404. The molecule has 2 aromatic carbocycles. The molecule has 0 unspecified atom stereocenters. The molecule has 0 atom stereocenters. The summed E-state index contributed by atoms with van der Waals surface area (Å²) in [6.45, 7) is 1.97. The molecule has 1 N–H and O–H groups in total. The summed E-state index contributed by atoms with van der Waals surface area (Å²) in [6.07, 6.45) is 5.08. The van der Waals surface area contributed by atoms with E-state index in [2.05, 4.69) is 9.71 Å². The molecule has 0 aliphatic carbocycles. The Balaban J connectivity index is 1.35. The fraction of sp³-hybridized carbons (Fsp3) is 0.276. The summed E-state index contributed by atoms with van der Waals surface area (Å²) < 4.78 is 58.8. The summed E-state index contributed by atoms with van der Waals surface area (Å²) in [5.41, 5.74) is 0.421. The number of nitrogens with zero attached hydrogens (tertiary/aromatic N) is 4. The van der Waals surface area contributed by atoms with E-state index in [0.29, 0.717) is 29.7 Å². The van der Waals surface area contributed by atoms with Gasteiger partial charge in [0.2, 0.25) is 0 Å². The van der Waals surface area contributed by atoms with E-state index in [0.717, 1.165) is 6.07 Å². The molecule has 2 amide bonds. The summed E-state index contributed by atoms with van der Waals surface area (Å²) >= 11 is 5.84. The highest BCUT2D eigenvalue weighted by Gasteiger charge is 2.33. The number of aromatic nitrogens is 1. The quantitative estimate of drug-likeness (QED) is 0.431. The van der Waals surface area contributed by atoms with Crippen LogP contribution in [-0.2, 0) is 15.9 Å². The lowest BCUT2D eigenvalue weighted by Gasteiger charge is -2.34. The van der Waals surface area contributed by atoms with Gasteiger partial charge in [-0.3, -0.25) is 14.3 Å². The second kappa shape index (κ2) is 11.3. The van der Waals surface area contributed by atoms with Crippen molar-refractivity contribution in [2.75, 3.05) is 49.4 Å². The van der Waals surface area contributed by atoms with E-state index >= 15 is 0 Å². The lowest BCUT2D eigenvalue weighted by Crippen LogP contribution is -2.50. The van der Waals surface area contributed by atoms with Gasteiger partial charge < -0.3 is 14.7 Å². The number of pyridine rings is 1. The van der Waals surface area contributed by atoms with Crippen LogP contribution in [0.15, 0.2) is 65.7 Å². The second-order valence-electron chi connectivity index (χ2n) is 10.2. The highest BCUT2D eigenvalue weighted by molar-refractivity contribution is 7.93. The van der Waals surface area contributed by atoms with Crippen molar-refractivity contribution in [2.45, 2.75) is 17.7 Å². The number of para-hydroxylation sites is 1. The first-order valence-electron chi connectivity index (χ1n) is 13.1. The first-order valence-corrected chi connectivity index (χ1v) is 15.0. The molecule has 3 aromatic rings. The third-order valence-electron chi connectivity index (χ3n) is 7.16. The number of halogens is 3. The fourth-order valence-electron chi connectivity index (χ4n) is 5.02. The number of carbonyl (C=O) groups is 2. The van der Waals surface area contributed by atoms with Gasteiger partial charge in [0.05, 0.1) is 16.4 Å². The van der Waals surface area contributed by atoms with E-state index in [1.165, 1.54) is 35.4 Å². The Kier molecular flexibility index (Phi) is 7.95. The number of likely N-dealkylation sites (N-methyl/N-ethyl adjacent to an activating group) is 1. The Morgan fingerprint density at radius 2 is 1.69 bits per heavy atom. The Morgan fingerprint density at radius 3 is 2.33 bits per heavy atom. The van der Waals surface area contributed by atoms with Gasteiger partial charge in [-0.2, -0.15) is 0 Å². The maximum atomic E-state index is 14.8. The van der Waals surface area contributed by atoms with Crippen LogP contribution in [0.4, 0.5) is 20.2 Å². The van der Waals surface area contributed by atoms with E-state index in [1.807, 2.05) is 12.2 Å². The van der Waals surface area contributed by atoms with E-state index in [-0.39, 0.29) is 53.9 Å². The SMILES string of the molecule is CN1CC=Cc2cccc(S(=O)(=O)Nc3ccc(C(=O)N4CCN(C(=O)c5ccc(Cl)cn5)CC4)cc3C(C)(F)F)c21. The third-order valence-corrected chi connectivity index (χ3v) is 8.78. The van der Waals surface area contributed by atoms with Crippen LogP contribution in [0.2, 0.25) is 5.02 Å². The number of piperazine rings is 1. The van der Waals surface area contributed by atoms with Crippen molar-refractivity contribution in [3.8, 4) is 0 Å². The Bertz CT molecular complexity index is 1670. The maximum absolute atomic E-state index is 14.8. The molecule has 2 aliphatic rings. The average molecular weight is 616 g/mol. The van der Waals surface area contributed by atoms with Crippen LogP contribution in [-0.4, -0.2) is 74.8 Å². The van der Waals surface area contributed by atoms with Gasteiger partial charge in [-0.15, -0.1) is 0 Å². The number of benzene rings is 2. The van der Waals surface area contributed by atoms with Gasteiger partial charge in [-0.1, -0.05) is 35.9 Å². The van der Waals surface area contributed by atoms with Crippen molar-refractivity contribution in [1.82, 2.24) is 14.8 Å². The Labute approximate surface area is 247 Å². The highest BCUT2D eigenvalue weighted by Crippen LogP contribution is 2.37. The molecule has 3 heterocycles. The highest BCUT2D eigenvalue weighted by atomic mass is 35.5. The molecule has 9 nitrogen and oxygen atoms in total. The van der Waals surface area contributed by atoms with Crippen LogP contribution in [0, 0.1) is 0 Å². The normalized spacial score (nSPS) is 15.4. The van der Waals surface area contributed by atoms with Gasteiger partial charge in [0.25, 0.3) is 27.8 Å². The van der Waals surface area contributed by atoms with Gasteiger partial charge in [0, 0.05) is 64.0 Å². The van der Waals surface area contributed by atoms with Crippen molar-refractivity contribution in [3.63, 3.8) is 0 Å². The van der Waals surface area contributed by atoms with Crippen LogP contribution in [0.1, 0.15) is 38.9 Å². The zero-order valence-corrected chi connectivity index (χ0v) is 24.4. The van der Waals surface area contributed by atoms with Gasteiger partial charge in [0.1, 0.15) is 10.6 Å². The Hall–Kier alpha value is -4.03. The smallest absolute Gasteiger partial charge is 0.272 e. The molecule has 1 aromatic heterocycles. The average Bonchev–Trinajstić information content (AvgIpc) is 2.96. The summed E-state index contributed by atoms with van der Waals surface area (Å²) in [5.74, 6) is -4.26. The lowest BCUT2D eigenvalue weighted by molar-refractivity contribution is 0.0182. The zero-order valence-electron chi connectivity index (χ0n) is 22.9. The first-order chi connectivity index (χ1) is 19.8. The molecule has 1 saturated heterocycles. The van der Waals surface area contributed by atoms with Gasteiger partial charge in [-0.25, -0.2) is 22.2 Å². The van der Waals surface area contributed by atoms with E-state index in [1.54, 1.807) is 35.0 Å². The van der Waals surface area contributed by atoms with Crippen molar-refractivity contribution in [1.29, 1.82) is 0 Å². The summed E-state index contributed by atoms with van der Waals surface area (Å²) in [7, 11) is -2.52. The van der Waals surface area contributed by atoms with E-state index in [4.69, 9.17) is 11.6 Å². The number of anilines is 2. The van der Waals surface area contributed by atoms with Gasteiger partial charge in [-0.05, 0) is 42.0 Å². The molecule has 0 saturated carbocycles. The monoisotopic (exact) mass is 615 g/mol.